The molecule has 2 heterocycles. The van der Waals surface area contributed by atoms with Crippen molar-refractivity contribution in [1.82, 2.24) is 9.97 Å². The second-order valence-corrected chi connectivity index (χ2v) is 5.31. The van der Waals surface area contributed by atoms with E-state index in [0.717, 1.165) is 23.5 Å². The molecule has 2 aromatic rings. The van der Waals surface area contributed by atoms with Gasteiger partial charge in [0.1, 0.15) is 0 Å². The molecule has 0 aliphatic carbocycles. The lowest BCUT2D eigenvalue weighted by molar-refractivity contribution is 0.102. The molecule has 2 rings (SSSR count). The normalized spacial score (nSPS) is 10.2. The van der Waals surface area contributed by atoms with E-state index < -0.39 is 0 Å². The maximum absolute atomic E-state index is 12.2. The van der Waals surface area contributed by atoms with Crippen LogP contribution in [0.4, 0.5) is 10.8 Å². The summed E-state index contributed by atoms with van der Waals surface area (Å²) in [4.78, 5) is 21.4. The third-order valence-electron chi connectivity index (χ3n) is 2.47. The summed E-state index contributed by atoms with van der Waals surface area (Å²) >= 11 is 1.45. The quantitative estimate of drug-likeness (QED) is 0.881. The molecule has 19 heavy (non-hydrogen) atoms. The predicted molar refractivity (Wildman–Crippen MR) is 77.8 cm³/mol. The lowest BCUT2D eigenvalue weighted by atomic mass is 10.2. The maximum atomic E-state index is 12.2. The Morgan fingerprint density at radius 3 is 2.95 bits per heavy atom. The van der Waals surface area contributed by atoms with Gasteiger partial charge in [0, 0.05) is 30.0 Å². The number of aromatic nitrogens is 2. The molecule has 6 heteroatoms. The van der Waals surface area contributed by atoms with Crippen LogP contribution in [0.3, 0.4) is 0 Å². The van der Waals surface area contributed by atoms with Crippen molar-refractivity contribution in [2.24, 2.45) is 0 Å². The first-order valence-electron chi connectivity index (χ1n) is 6.12. The van der Waals surface area contributed by atoms with Crippen LogP contribution in [0.1, 0.15) is 28.6 Å². The van der Waals surface area contributed by atoms with Crippen LogP contribution >= 0.6 is 11.3 Å². The van der Waals surface area contributed by atoms with E-state index in [-0.39, 0.29) is 5.91 Å². The van der Waals surface area contributed by atoms with E-state index >= 15 is 0 Å². The second-order valence-electron chi connectivity index (χ2n) is 4.08. The van der Waals surface area contributed by atoms with Gasteiger partial charge in [-0.3, -0.25) is 15.1 Å². The molecule has 0 aliphatic heterocycles. The molecular formula is C13H16N4OS. The Labute approximate surface area is 116 Å². The van der Waals surface area contributed by atoms with Crippen LogP contribution in [0.25, 0.3) is 0 Å². The number of nitrogens with zero attached hydrogens (tertiary/aromatic N) is 2. The number of hydrogen-bond acceptors (Lipinski definition) is 5. The monoisotopic (exact) mass is 276 g/mol. The van der Waals surface area contributed by atoms with E-state index in [9.17, 15) is 4.79 Å². The number of carbonyl (C=O) groups excluding carboxylic acids is 1. The number of pyridine rings is 1. The summed E-state index contributed by atoms with van der Waals surface area (Å²) in [5, 5.41) is 6.61. The highest BCUT2D eigenvalue weighted by molar-refractivity contribution is 7.15. The van der Waals surface area contributed by atoms with E-state index in [1.807, 2.05) is 6.92 Å². The second kappa shape index (κ2) is 6.29. The topological polar surface area (TPSA) is 66.9 Å². The highest BCUT2D eigenvalue weighted by Gasteiger charge is 2.12. The number of carbonyl (C=O) groups is 1. The van der Waals surface area contributed by atoms with Gasteiger partial charge in [-0.05, 0) is 19.4 Å². The molecule has 5 nitrogen and oxygen atoms in total. The highest BCUT2D eigenvalue weighted by Crippen LogP contribution is 2.19. The van der Waals surface area contributed by atoms with Gasteiger partial charge in [-0.2, -0.15) is 0 Å². The van der Waals surface area contributed by atoms with Crippen molar-refractivity contribution in [1.29, 1.82) is 0 Å². The predicted octanol–water partition coefficient (Wildman–Crippen LogP) is 2.92. The molecule has 0 aliphatic rings. The summed E-state index contributed by atoms with van der Waals surface area (Å²) in [5.74, 6) is -0.193. The largest absolute Gasteiger partial charge is 0.384 e. The fourth-order valence-corrected chi connectivity index (χ4v) is 2.23. The third-order valence-corrected chi connectivity index (χ3v) is 3.30. The number of rotatable bonds is 5. The molecule has 0 fully saturated rings. The van der Waals surface area contributed by atoms with Crippen LogP contribution in [-0.2, 0) is 0 Å². The standard InChI is InChI=1S/C13H16N4OS/c1-3-5-15-11-4-6-14-8-10(11)12(18)17-13-16-7-9(2)19-13/h4,6-8H,3,5H2,1-2H3,(H,14,15)(H,16,17,18). The van der Waals surface area contributed by atoms with Crippen molar-refractivity contribution in [3.8, 4) is 0 Å². The van der Waals surface area contributed by atoms with Gasteiger partial charge in [0.25, 0.3) is 5.91 Å². The zero-order valence-electron chi connectivity index (χ0n) is 10.9. The lowest BCUT2D eigenvalue weighted by Gasteiger charge is -2.09. The fourth-order valence-electron chi connectivity index (χ4n) is 1.57. The Hall–Kier alpha value is -1.95. The summed E-state index contributed by atoms with van der Waals surface area (Å²) in [7, 11) is 0. The minimum Gasteiger partial charge on any atom is -0.384 e. The summed E-state index contributed by atoms with van der Waals surface area (Å²) in [6, 6.07) is 1.80. The number of anilines is 2. The molecule has 0 spiro atoms. The van der Waals surface area contributed by atoms with Crippen LogP contribution in [0.15, 0.2) is 24.7 Å². The number of hydrogen-bond donors (Lipinski definition) is 2. The molecule has 2 aromatic heterocycles. The molecular weight excluding hydrogens is 260 g/mol. The first kappa shape index (κ1) is 13.5. The van der Waals surface area contributed by atoms with Gasteiger partial charge in [0.2, 0.25) is 0 Å². The Kier molecular flexibility index (Phi) is 4.46. The number of thiazole rings is 1. The maximum Gasteiger partial charge on any atom is 0.261 e. The number of aryl methyl sites for hydroxylation is 1. The van der Waals surface area contributed by atoms with Gasteiger partial charge in [0.15, 0.2) is 5.13 Å². The van der Waals surface area contributed by atoms with Crippen molar-refractivity contribution < 1.29 is 4.79 Å². The Balaban J connectivity index is 2.14. The van der Waals surface area contributed by atoms with Crippen molar-refractivity contribution >= 4 is 28.1 Å². The molecule has 0 atom stereocenters. The summed E-state index contributed by atoms with van der Waals surface area (Å²) in [6.45, 7) is 4.85. The zero-order chi connectivity index (χ0) is 13.7. The summed E-state index contributed by atoms with van der Waals surface area (Å²) in [6.07, 6.45) is 5.96. The summed E-state index contributed by atoms with van der Waals surface area (Å²) < 4.78 is 0. The summed E-state index contributed by atoms with van der Waals surface area (Å²) in [5.41, 5.74) is 1.33. The number of amides is 1. The van der Waals surface area contributed by atoms with Crippen LogP contribution < -0.4 is 10.6 Å². The van der Waals surface area contributed by atoms with E-state index in [1.165, 1.54) is 11.3 Å². The van der Waals surface area contributed by atoms with Gasteiger partial charge >= 0.3 is 0 Å². The van der Waals surface area contributed by atoms with E-state index in [4.69, 9.17) is 0 Å². The Bertz CT molecular complexity index is 567. The molecule has 1 amide bonds. The van der Waals surface area contributed by atoms with Crippen molar-refractivity contribution in [2.75, 3.05) is 17.2 Å². The Morgan fingerprint density at radius 1 is 1.42 bits per heavy atom. The SMILES string of the molecule is CCCNc1ccncc1C(=O)Nc1ncc(C)s1. The van der Waals surface area contributed by atoms with Gasteiger partial charge in [-0.15, -0.1) is 11.3 Å². The molecule has 0 radical (unpaired) electrons. The Morgan fingerprint density at radius 2 is 2.26 bits per heavy atom. The van der Waals surface area contributed by atoms with Crippen LogP contribution in [0.2, 0.25) is 0 Å². The van der Waals surface area contributed by atoms with Crippen LogP contribution in [0, 0.1) is 6.92 Å². The number of nitrogens with one attached hydrogen (secondary N) is 2. The smallest absolute Gasteiger partial charge is 0.261 e. The van der Waals surface area contributed by atoms with Crippen molar-refractivity contribution in [3.05, 3.63) is 35.1 Å². The van der Waals surface area contributed by atoms with E-state index in [2.05, 4.69) is 27.5 Å². The molecule has 0 saturated carbocycles. The van der Waals surface area contributed by atoms with Gasteiger partial charge in [-0.1, -0.05) is 6.92 Å². The average Bonchev–Trinajstić information content (AvgIpc) is 2.82. The lowest BCUT2D eigenvalue weighted by Crippen LogP contribution is -2.15. The van der Waals surface area contributed by atoms with E-state index in [1.54, 1.807) is 24.7 Å². The fraction of sp³-hybridized carbons (Fsp3) is 0.308. The molecule has 0 unspecified atom stereocenters. The van der Waals surface area contributed by atoms with Gasteiger partial charge < -0.3 is 5.32 Å². The highest BCUT2D eigenvalue weighted by atomic mass is 32.1. The first-order valence-corrected chi connectivity index (χ1v) is 6.94. The minimum atomic E-state index is -0.193. The van der Waals surface area contributed by atoms with Crippen molar-refractivity contribution in [2.45, 2.75) is 20.3 Å². The molecule has 100 valence electrons. The third kappa shape index (κ3) is 3.51. The van der Waals surface area contributed by atoms with Crippen LogP contribution in [-0.4, -0.2) is 22.4 Å². The molecule has 0 bridgehead atoms. The molecule has 2 N–H and O–H groups in total. The van der Waals surface area contributed by atoms with E-state index in [0.29, 0.717) is 10.7 Å². The minimum absolute atomic E-state index is 0.193. The van der Waals surface area contributed by atoms with Crippen molar-refractivity contribution in [3.63, 3.8) is 0 Å². The van der Waals surface area contributed by atoms with Crippen LogP contribution in [0.5, 0.6) is 0 Å². The average molecular weight is 276 g/mol. The molecule has 0 aromatic carbocycles. The molecule has 0 saturated heterocycles. The first-order chi connectivity index (χ1) is 9.20. The van der Waals surface area contributed by atoms with Gasteiger partial charge in [-0.25, -0.2) is 4.98 Å². The zero-order valence-corrected chi connectivity index (χ0v) is 11.8. The van der Waals surface area contributed by atoms with Gasteiger partial charge in [0.05, 0.1) is 11.3 Å².